The summed E-state index contributed by atoms with van der Waals surface area (Å²) in [5.41, 5.74) is 7.04. The molecular formula is C22H19ClN2. The van der Waals surface area contributed by atoms with Gasteiger partial charge in [-0.1, -0.05) is 60.7 Å². The summed E-state index contributed by atoms with van der Waals surface area (Å²) in [7, 11) is 0. The Morgan fingerprint density at radius 3 is 2.64 bits per heavy atom. The number of hydrogen-bond acceptors (Lipinski definition) is 2. The van der Waals surface area contributed by atoms with Crippen molar-refractivity contribution in [2.24, 2.45) is 0 Å². The van der Waals surface area contributed by atoms with E-state index in [1.807, 2.05) is 30.3 Å². The molecule has 4 rings (SSSR count). The summed E-state index contributed by atoms with van der Waals surface area (Å²) in [5, 5.41) is 0.711. The molecule has 0 aliphatic heterocycles. The number of hydrogen-bond donors (Lipinski definition) is 0. The molecule has 0 unspecified atom stereocenters. The first-order valence-electron chi connectivity index (χ1n) is 8.59. The molecule has 0 amide bonds. The molecule has 0 spiro atoms. The first-order chi connectivity index (χ1) is 12.2. The van der Waals surface area contributed by atoms with E-state index in [4.69, 9.17) is 21.6 Å². The fourth-order valence-corrected chi connectivity index (χ4v) is 3.57. The van der Waals surface area contributed by atoms with Crippen LogP contribution in [0.5, 0.6) is 0 Å². The highest BCUT2D eigenvalue weighted by molar-refractivity contribution is 6.30. The van der Waals surface area contributed by atoms with Crippen LogP contribution >= 0.6 is 11.6 Å². The van der Waals surface area contributed by atoms with Crippen LogP contribution in [0.3, 0.4) is 0 Å². The van der Waals surface area contributed by atoms with Crippen LogP contribution in [0.25, 0.3) is 17.5 Å². The molecule has 3 aromatic rings. The third-order valence-corrected chi connectivity index (χ3v) is 4.92. The number of fused-ring (bicyclic) bond motifs is 1. The zero-order valence-electron chi connectivity index (χ0n) is 14.0. The molecule has 2 nitrogen and oxygen atoms in total. The Morgan fingerprint density at radius 1 is 1.04 bits per heavy atom. The Hall–Kier alpha value is -2.45. The first kappa shape index (κ1) is 16.0. The van der Waals surface area contributed by atoms with Gasteiger partial charge in [-0.05, 0) is 48.1 Å². The number of halogens is 1. The second kappa shape index (κ2) is 6.81. The van der Waals surface area contributed by atoms with Crippen molar-refractivity contribution in [3.05, 3.63) is 88.2 Å². The van der Waals surface area contributed by atoms with Gasteiger partial charge in [-0.15, -0.1) is 0 Å². The van der Waals surface area contributed by atoms with E-state index < -0.39 is 0 Å². The molecule has 124 valence electrons. The minimum Gasteiger partial charge on any atom is -0.233 e. The predicted molar refractivity (Wildman–Crippen MR) is 104 cm³/mol. The van der Waals surface area contributed by atoms with Crippen molar-refractivity contribution in [3.8, 4) is 11.4 Å². The molecule has 0 fully saturated rings. The molecule has 0 bridgehead atoms. The second-order valence-corrected chi connectivity index (χ2v) is 6.84. The van der Waals surface area contributed by atoms with Crippen molar-refractivity contribution >= 4 is 17.7 Å². The Labute approximate surface area is 153 Å². The summed E-state index contributed by atoms with van der Waals surface area (Å²) in [6.07, 6.45) is 5.96. The number of nitrogens with zero attached hydrogens (tertiary/aromatic N) is 2. The zero-order valence-corrected chi connectivity index (χ0v) is 14.8. The summed E-state index contributed by atoms with van der Waals surface area (Å²) in [5.74, 6) is 0.779. The van der Waals surface area contributed by atoms with E-state index in [0.29, 0.717) is 5.02 Å². The molecule has 3 heteroatoms. The van der Waals surface area contributed by atoms with Crippen molar-refractivity contribution in [2.75, 3.05) is 0 Å². The lowest BCUT2D eigenvalue weighted by molar-refractivity contribution is 0.897. The van der Waals surface area contributed by atoms with Gasteiger partial charge in [-0.3, -0.25) is 0 Å². The molecule has 0 saturated heterocycles. The predicted octanol–water partition coefficient (Wildman–Crippen LogP) is 5.52. The largest absolute Gasteiger partial charge is 0.233 e. The Bertz CT molecular complexity index is 929. The van der Waals surface area contributed by atoms with Gasteiger partial charge in [-0.2, -0.15) is 0 Å². The van der Waals surface area contributed by atoms with Crippen LogP contribution in [-0.4, -0.2) is 9.97 Å². The van der Waals surface area contributed by atoms with E-state index in [-0.39, 0.29) is 0 Å². The molecular weight excluding hydrogens is 328 g/mol. The molecule has 0 saturated carbocycles. The van der Waals surface area contributed by atoms with Gasteiger partial charge in [0, 0.05) is 22.7 Å². The lowest BCUT2D eigenvalue weighted by atomic mass is 10.0. The summed E-state index contributed by atoms with van der Waals surface area (Å²) in [6, 6.07) is 16.3. The Kier molecular flexibility index (Phi) is 4.37. The van der Waals surface area contributed by atoms with Gasteiger partial charge in [0.25, 0.3) is 0 Å². The Balaban J connectivity index is 1.74. The van der Waals surface area contributed by atoms with Gasteiger partial charge >= 0.3 is 0 Å². The van der Waals surface area contributed by atoms with Crippen LogP contribution in [-0.2, 0) is 19.3 Å². The van der Waals surface area contributed by atoms with Gasteiger partial charge in [0.1, 0.15) is 0 Å². The minimum absolute atomic E-state index is 0.711. The summed E-state index contributed by atoms with van der Waals surface area (Å²) in [6.45, 7) is 3.81. The molecule has 1 aliphatic carbocycles. The lowest BCUT2D eigenvalue weighted by Crippen LogP contribution is -2.04. The highest BCUT2D eigenvalue weighted by Gasteiger charge is 2.20. The van der Waals surface area contributed by atoms with Crippen LogP contribution < -0.4 is 0 Å². The number of rotatable bonds is 4. The monoisotopic (exact) mass is 346 g/mol. The Morgan fingerprint density at radius 2 is 1.88 bits per heavy atom. The van der Waals surface area contributed by atoms with Gasteiger partial charge < -0.3 is 0 Å². The van der Waals surface area contributed by atoms with Crippen LogP contribution in [0.4, 0.5) is 0 Å². The van der Waals surface area contributed by atoms with Crippen LogP contribution in [0.2, 0.25) is 5.02 Å². The topological polar surface area (TPSA) is 25.8 Å². The molecule has 0 atom stereocenters. The van der Waals surface area contributed by atoms with Crippen LogP contribution in [0, 0.1) is 0 Å². The molecule has 1 heterocycles. The van der Waals surface area contributed by atoms with E-state index in [1.54, 1.807) is 0 Å². The van der Waals surface area contributed by atoms with Crippen molar-refractivity contribution in [1.29, 1.82) is 0 Å². The van der Waals surface area contributed by atoms with E-state index >= 15 is 0 Å². The third-order valence-electron chi connectivity index (χ3n) is 4.69. The van der Waals surface area contributed by atoms with E-state index in [0.717, 1.165) is 48.3 Å². The normalized spacial score (nSPS) is 12.8. The van der Waals surface area contributed by atoms with Crippen molar-refractivity contribution in [3.63, 3.8) is 0 Å². The van der Waals surface area contributed by atoms with Crippen molar-refractivity contribution in [2.45, 2.75) is 25.7 Å². The quantitative estimate of drug-likeness (QED) is 0.621. The summed E-state index contributed by atoms with van der Waals surface area (Å²) in [4.78, 5) is 9.71. The van der Waals surface area contributed by atoms with Crippen molar-refractivity contribution < 1.29 is 0 Å². The average molecular weight is 347 g/mol. The lowest BCUT2D eigenvalue weighted by Gasteiger charge is -2.11. The molecule has 1 aliphatic rings. The molecule has 0 N–H and O–H groups in total. The van der Waals surface area contributed by atoms with Crippen LogP contribution in [0.1, 0.15) is 34.5 Å². The van der Waals surface area contributed by atoms with E-state index in [9.17, 15) is 0 Å². The first-order valence-corrected chi connectivity index (χ1v) is 8.97. The SMILES string of the molecule is C=Cc1ccc(Cc2nc(-c3cccc(Cl)c3)nc3c2CCC3)cc1. The second-order valence-electron chi connectivity index (χ2n) is 6.41. The zero-order chi connectivity index (χ0) is 17.2. The highest BCUT2D eigenvalue weighted by atomic mass is 35.5. The fourth-order valence-electron chi connectivity index (χ4n) is 3.38. The average Bonchev–Trinajstić information content (AvgIpc) is 3.11. The maximum Gasteiger partial charge on any atom is 0.159 e. The maximum absolute atomic E-state index is 6.15. The van der Waals surface area contributed by atoms with Gasteiger partial charge in [0.05, 0.1) is 5.69 Å². The molecule has 1 aromatic heterocycles. The molecule has 0 radical (unpaired) electrons. The van der Waals surface area contributed by atoms with Crippen LogP contribution in [0.15, 0.2) is 55.1 Å². The highest BCUT2D eigenvalue weighted by Crippen LogP contribution is 2.28. The molecule has 25 heavy (non-hydrogen) atoms. The third kappa shape index (κ3) is 3.35. The van der Waals surface area contributed by atoms with Gasteiger partial charge in [0.15, 0.2) is 5.82 Å². The standard InChI is InChI=1S/C22H19ClN2/c1-2-15-9-11-16(12-10-15)13-21-19-7-4-8-20(19)24-22(25-21)17-5-3-6-18(23)14-17/h2-3,5-6,9-12,14H,1,4,7-8,13H2. The van der Waals surface area contributed by atoms with E-state index in [2.05, 4.69) is 30.8 Å². The maximum atomic E-state index is 6.15. The van der Waals surface area contributed by atoms with E-state index in [1.165, 1.54) is 16.8 Å². The number of benzene rings is 2. The van der Waals surface area contributed by atoms with Gasteiger partial charge in [0.2, 0.25) is 0 Å². The number of aryl methyl sites for hydroxylation is 1. The smallest absolute Gasteiger partial charge is 0.159 e. The summed E-state index contributed by atoms with van der Waals surface area (Å²) >= 11 is 6.15. The summed E-state index contributed by atoms with van der Waals surface area (Å²) < 4.78 is 0. The number of aromatic nitrogens is 2. The van der Waals surface area contributed by atoms with Crippen molar-refractivity contribution in [1.82, 2.24) is 9.97 Å². The molecule has 2 aromatic carbocycles. The fraction of sp³-hybridized carbons (Fsp3) is 0.182. The van der Waals surface area contributed by atoms with Gasteiger partial charge in [-0.25, -0.2) is 9.97 Å². The minimum atomic E-state index is 0.711.